The highest BCUT2D eigenvalue weighted by Crippen LogP contribution is 2.31. The van der Waals surface area contributed by atoms with Gasteiger partial charge in [0.25, 0.3) is 7.81 Å². The Labute approximate surface area is 130 Å². The molecule has 0 saturated carbocycles. The molecule has 22 heavy (non-hydrogen) atoms. The summed E-state index contributed by atoms with van der Waals surface area (Å²) in [5.41, 5.74) is 6.44. The first-order valence-corrected chi connectivity index (χ1v) is 7.76. The predicted molar refractivity (Wildman–Crippen MR) is 76.2 cm³/mol. The van der Waals surface area contributed by atoms with E-state index in [1.807, 2.05) is 0 Å². The fourth-order valence-electron chi connectivity index (χ4n) is 2.17. The molecular weight excluding hydrogens is 337 g/mol. The van der Waals surface area contributed by atoms with Crippen molar-refractivity contribution in [2.24, 2.45) is 0 Å². The monoisotopic (exact) mass is 349 g/mol. The summed E-state index contributed by atoms with van der Waals surface area (Å²) in [6.07, 6.45) is -1.42. The minimum atomic E-state index is -1.19. The number of nitrogens with two attached hydrogens (primary N) is 1. The molecule has 0 aromatic carbocycles. The van der Waals surface area contributed by atoms with Gasteiger partial charge in [-0.1, -0.05) is 0 Å². The summed E-state index contributed by atoms with van der Waals surface area (Å²) in [6.45, 7) is -0.390. The number of halogens is 1. The first-order valence-electron chi connectivity index (χ1n) is 6.04. The van der Waals surface area contributed by atoms with Gasteiger partial charge < -0.3 is 25.8 Å². The van der Waals surface area contributed by atoms with Crippen molar-refractivity contribution in [3.63, 3.8) is 0 Å². The summed E-state index contributed by atoms with van der Waals surface area (Å²) in [5, 5.41) is 28.7. The van der Waals surface area contributed by atoms with Crippen LogP contribution in [0.2, 0.25) is 0 Å². The molecule has 1 saturated heterocycles. The van der Waals surface area contributed by atoms with E-state index in [1.165, 1.54) is 17.2 Å². The highest BCUT2D eigenvalue weighted by atomic mass is 35.7. The van der Waals surface area contributed by atoms with Crippen LogP contribution in [0.4, 0.5) is 5.82 Å². The van der Waals surface area contributed by atoms with Crippen molar-refractivity contribution in [1.82, 2.24) is 19.5 Å². The predicted octanol–water partition coefficient (Wildman–Crippen LogP) is -0.548. The topological polar surface area (TPSA) is 157 Å². The van der Waals surface area contributed by atoms with Crippen molar-refractivity contribution < 1.29 is 24.6 Å². The van der Waals surface area contributed by atoms with E-state index in [4.69, 9.17) is 20.1 Å². The summed E-state index contributed by atoms with van der Waals surface area (Å²) in [7, 11) is -0.361. The van der Waals surface area contributed by atoms with Crippen molar-refractivity contribution >= 4 is 36.0 Å². The van der Waals surface area contributed by atoms with E-state index >= 15 is 0 Å². The highest BCUT2D eigenvalue weighted by Gasteiger charge is 2.43. The van der Waals surface area contributed by atoms with Crippen LogP contribution in [0.5, 0.6) is 0 Å². The van der Waals surface area contributed by atoms with Crippen LogP contribution in [0.15, 0.2) is 12.7 Å². The largest absolute Gasteiger partial charge is 0.394 e. The molecule has 1 fully saturated rings. The Morgan fingerprint density at radius 1 is 1.36 bits per heavy atom. The van der Waals surface area contributed by atoms with E-state index in [-0.39, 0.29) is 13.6 Å². The summed E-state index contributed by atoms with van der Waals surface area (Å²) >= 11 is 4.42. The van der Waals surface area contributed by atoms with E-state index in [2.05, 4.69) is 26.2 Å². The molecule has 120 valence electrons. The van der Waals surface area contributed by atoms with Gasteiger partial charge >= 0.3 is 0 Å². The molecule has 0 unspecified atom stereocenters. The number of nitrogens with zero attached hydrogens (tertiary/aromatic N) is 4. The molecule has 0 amide bonds. The average Bonchev–Trinajstić information content (AvgIpc) is 3.04. The van der Waals surface area contributed by atoms with Crippen molar-refractivity contribution in [1.29, 1.82) is 0 Å². The summed E-state index contributed by atoms with van der Waals surface area (Å²) in [4.78, 5) is 11.9. The van der Waals surface area contributed by atoms with Gasteiger partial charge in [0.15, 0.2) is 17.7 Å². The molecular formula is C10H13ClN5O5P. The number of aliphatic hydroxyl groups is 3. The first-order chi connectivity index (χ1) is 10.5. The number of imidazole rings is 1. The maximum Gasteiger partial charge on any atom is 0.267 e. The maximum absolute atomic E-state index is 9.95. The molecule has 2 aromatic heterocycles. The molecule has 1 aliphatic heterocycles. The number of aliphatic hydroxyl groups excluding tert-OH is 3. The number of hydrogen-bond acceptors (Lipinski definition) is 9. The van der Waals surface area contributed by atoms with Gasteiger partial charge in [0.1, 0.15) is 30.2 Å². The van der Waals surface area contributed by atoms with Crippen molar-refractivity contribution in [3.8, 4) is 0 Å². The van der Waals surface area contributed by atoms with Gasteiger partial charge in [-0.15, -0.1) is 0 Å². The third kappa shape index (κ3) is 3.02. The van der Waals surface area contributed by atoms with Gasteiger partial charge in [0, 0.05) is 0 Å². The number of aromatic nitrogens is 4. The van der Waals surface area contributed by atoms with E-state index in [0.717, 1.165) is 0 Å². The second-order valence-corrected chi connectivity index (χ2v) is 4.93. The number of rotatable bonds is 2. The van der Waals surface area contributed by atoms with Gasteiger partial charge in [-0.3, -0.25) is 9.13 Å². The summed E-state index contributed by atoms with van der Waals surface area (Å²) in [5.74, 6) is 0.218. The minimum Gasteiger partial charge on any atom is -0.394 e. The molecule has 5 N–H and O–H groups in total. The van der Waals surface area contributed by atoms with Crippen molar-refractivity contribution in [2.75, 3.05) is 12.3 Å². The summed E-state index contributed by atoms with van der Waals surface area (Å²) in [6, 6.07) is 0. The van der Waals surface area contributed by atoms with Crippen molar-refractivity contribution in [2.45, 2.75) is 24.5 Å². The molecule has 4 atom stereocenters. The highest BCUT2D eigenvalue weighted by molar-refractivity contribution is 7.57. The number of hydrogen-bond donors (Lipinski definition) is 4. The lowest BCUT2D eigenvalue weighted by Crippen LogP contribution is -2.33. The Morgan fingerprint density at radius 3 is 2.64 bits per heavy atom. The lowest BCUT2D eigenvalue weighted by molar-refractivity contribution is -0.0511. The summed E-state index contributed by atoms with van der Waals surface area (Å²) < 4.78 is 15.5. The fourth-order valence-corrected chi connectivity index (χ4v) is 2.17. The molecule has 0 radical (unpaired) electrons. The van der Waals surface area contributed by atoms with Crippen LogP contribution in [0.25, 0.3) is 11.2 Å². The van der Waals surface area contributed by atoms with E-state index in [9.17, 15) is 10.2 Å². The van der Waals surface area contributed by atoms with Crippen LogP contribution in [-0.2, 0) is 9.30 Å². The van der Waals surface area contributed by atoms with E-state index < -0.39 is 31.1 Å². The van der Waals surface area contributed by atoms with Crippen molar-refractivity contribution in [3.05, 3.63) is 12.7 Å². The Hall–Kier alpha value is -1.42. The third-order valence-corrected chi connectivity index (χ3v) is 3.18. The van der Waals surface area contributed by atoms with Crippen LogP contribution < -0.4 is 5.73 Å². The number of nitrogen functional groups attached to an aromatic ring is 1. The zero-order valence-electron chi connectivity index (χ0n) is 11.0. The van der Waals surface area contributed by atoms with Gasteiger partial charge in [-0.05, 0) is 11.2 Å². The maximum atomic E-state index is 9.95. The van der Waals surface area contributed by atoms with Crippen LogP contribution in [0.3, 0.4) is 0 Å². The Balaban J connectivity index is 0.000000545. The normalized spacial score (nSPS) is 27.8. The molecule has 1 aliphatic rings. The second kappa shape index (κ2) is 7.23. The lowest BCUT2D eigenvalue weighted by Gasteiger charge is -2.16. The Morgan fingerprint density at radius 2 is 2.05 bits per heavy atom. The van der Waals surface area contributed by atoms with Gasteiger partial charge in [-0.25, -0.2) is 15.0 Å². The minimum absolute atomic E-state index is 0.218. The molecule has 10 nitrogen and oxygen atoms in total. The van der Waals surface area contributed by atoms with Crippen LogP contribution in [-0.4, -0.2) is 59.8 Å². The Bertz CT molecular complexity index is 658. The second-order valence-electron chi connectivity index (χ2n) is 4.38. The third-order valence-electron chi connectivity index (χ3n) is 3.18. The van der Waals surface area contributed by atoms with Gasteiger partial charge in [-0.2, -0.15) is 0 Å². The van der Waals surface area contributed by atoms with Gasteiger partial charge in [0.2, 0.25) is 0 Å². The smallest absolute Gasteiger partial charge is 0.267 e. The fraction of sp³-hybridized carbons (Fsp3) is 0.500. The van der Waals surface area contributed by atoms with Crippen LogP contribution >= 0.6 is 19.1 Å². The Kier molecular flexibility index (Phi) is 5.57. The molecule has 0 aliphatic carbocycles. The number of ether oxygens (including phenoxy) is 1. The molecule has 2 aromatic rings. The van der Waals surface area contributed by atoms with E-state index in [0.29, 0.717) is 11.2 Å². The molecule has 3 rings (SSSR count). The molecule has 0 spiro atoms. The van der Waals surface area contributed by atoms with Crippen LogP contribution in [0.1, 0.15) is 6.23 Å². The molecule has 12 heteroatoms. The first kappa shape index (κ1) is 16.9. The van der Waals surface area contributed by atoms with E-state index in [1.54, 1.807) is 0 Å². The number of anilines is 1. The zero-order valence-corrected chi connectivity index (χ0v) is 12.7. The molecule has 0 bridgehead atoms. The lowest BCUT2D eigenvalue weighted by atomic mass is 10.1. The number of fused-ring (bicyclic) bond motifs is 1. The van der Waals surface area contributed by atoms with Gasteiger partial charge in [0.05, 0.1) is 12.9 Å². The standard InChI is InChI=1S/C10H13N5O4.ClOP/c11-8-5-9(13-2-12-8)15(3-14-5)10-7(18)6(17)4(1-16)19-10;1-3-2/h2-4,6-7,10,16-18H,1H2,(H2,11,12,13);/t4-,6-,7-,10-;/m1./s1. The molecule has 3 heterocycles. The average molecular weight is 350 g/mol. The quantitative estimate of drug-likeness (QED) is 0.522. The SMILES string of the molecule is Nc1ncnc2c1ncn2[C@@H]1O[C@H](CO)[C@@H](O)[C@H]1O.O=PCl. The zero-order chi connectivity index (χ0) is 16.3. The van der Waals surface area contributed by atoms with Crippen LogP contribution in [0, 0.1) is 0 Å².